The van der Waals surface area contributed by atoms with Crippen LogP contribution in [0.2, 0.25) is 5.02 Å². The highest BCUT2D eigenvalue weighted by Gasteiger charge is 2.41. The van der Waals surface area contributed by atoms with Gasteiger partial charge in [0.05, 0.1) is 29.2 Å². The summed E-state index contributed by atoms with van der Waals surface area (Å²) in [5, 5.41) is -0.357. The number of hydrogen-bond acceptors (Lipinski definition) is 4. The van der Waals surface area contributed by atoms with Gasteiger partial charge in [-0.2, -0.15) is 13.2 Å². The Balaban J connectivity index is 1.41. The maximum absolute atomic E-state index is 13.5. The highest BCUT2D eigenvalue weighted by atomic mass is 35.5. The molecule has 0 fully saturated rings. The summed E-state index contributed by atoms with van der Waals surface area (Å²) in [6.45, 7) is 3.29. The second-order valence-electron chi connectivity index (χ2n) is 8.41. The van der Waals surface area contributed by atoms with E-state index in [1.165, 1.54) is 22.6 Å². The van der Waals surface area contributed by atoms with Gasteiger partial charge in [0.1, 0.15) is 0 Å². The van der Waals surface area contributed by atoms with Crippen LogP contribution < -0.4 is 0 Å². The molecule has 1 amide bonds. The van der Waals surface area contributed by atoms with Crippen molar-refractivity contribution in [3.05, 3.63) is 81.5 Å². The first-order valence-corrected chi connectivity index (χ1v) is 11.2. The minimum Gasteiger partial charge on any atom is -0.314 e. The highest BCUT2D eigenvalue weighted by molar-refractivity contribution is 6.31. The first kappa shape index (κ1) is 22.0. The molecule has 0 saturated heterocycles. The van der Waals surface area contributed by atoms with E-state index in [1.807, 2.05) is 18.2 Å². The maximum Gasteiger partial charge on any atom is 0.417 e. The van der Waals surface area contributed by atoms with Gasteiger partial charge in [0, 0.05) is 38.3 Å². The van der Waals surface area contributed by atoms with Crippen molar-refractivity contribution in [1.82, 2.24) is 14.7 Å². The van der Waals surface area contributed by atoms with Crippen LogP contribution in [-0.2, 0) is 24.1 Å². The predicted octanol–water partition coefficient (Wildman–Crippen LogP) is 4.53. The Morgan fingerprint density at radius 2 is 1.79 bits per heavy atom. The normalized spacial score (nSPS) is 19.0. The summed E-state index contributed by atoms with van der Waals surface area (Å²) in [4.78, 5) is 23.8. The zero-order valence-electron chi connectivity index (χ0n) is 17.8. The topological polar surface area (TPSA) is 39.2 Å². The lowest BCUT2D eigenvalue weighted by molar-refractivity contribution is -0.137. The van der Waals surface area contributed by atoms with Gasteiger partial charge >= 0.3 is 6.18 Å². The summed E-state index contributed by atoms with van der Waals surface area (Å²) in [7, 11) is 0. The molecule has 0 aromatic heterocycles. The van der Waals surface area contributed by atoms with E-state index in [0.29, 0.717) is 36.7 Å². The molecule has 5 rings (SSSR count). The molecule has 3 aliphatic heterocycles. The number of fused-ring (bicyclic) bond motifs is 2. The molecule has 0 radical (unpaired) electrons. The van der Waals surface area contributed by atoms with Crippen molar-refractivity contribution in [3.8, 4) is 0 Å². The SMILES string of the molecule is O=C1C2=C(CCN(Cc3ccccc3)C2)N2CCN=C2N1Cc1ccc(Cl)c(C(F)(F)F)c1. The number of aliphatic imine (C=N–C) groups is 1. The lowest BCUT2D eigenvalue weighted by Gasteiger charge is -2.42. The number of halogens is 4. The Morgan fingerprint density at radius 1 is 1.00 bits per heavy atom. The van der Waals surface area contributed by atoms with Crippen LogP contribution in [0.5, 0.6) is 0 Å². The van der Waals surface area contributed by atoms with Crippen LogP contribution in [0.15, 0.2) is 64.8 Å². The van der Waals surface area contributed by atoms with Crippen LogP contribution in [0.4, 0.5) is 13.2 Å². The predicted molar refractivity (Wildman–Crippen MR) is 119 cm³/mol. The molecule has 0 N–H and O–H groups in total. The molecule has 0 aliphatic carbocycles. The fraction of sp³-hybridized carbons (Fsp3) is 0.333. The number of alkyl halides is 3. The summed E-state index contributed by atoms with van der Waals surface area (Å²) in [5.41, 5.74) is 2.32. The number of nitrogens with zero attached hydrogens (tertiary/aromatic N) is 4. The van der Waals surface area contributed by atoms with E-state index in [9.17, 15) is 18.0 Å². The van der Waals surface area contributed by atoms with Crippen LogP contribution in [0.25, 0.3) is 0 Å². The van der Waals surface area contributed by atoms with Crippen molar-refractivity contribution in [3.63, 3.8) is 0 Å². The van der Waals surface area contributed by atoms with E-state index < -0.39 is 11.7 Å². The van der Waals surface area contributed by atoms with Crippen molar-refractivity contribution in [1.29, 1.82) is 0 Å². The minimum absolute atomic E-state index is 0.00385. The van der Waals surface area contributed by atoms with Gasteiger partial charge in [0.25, 0.3) is 5.91 Å². The van der Waals surface area contributed by atoms with Crippen LogP contribution in [0.3, 0.4) is 0 Å². The molecule has 0 bridgehead atoms. The molecular weight excluding hydrogens is 453 g/mol. The van der Waals surface area contributed by atoms with E-state index in [1.54, 1.807) is 0 Å². The lowest BCUT2D eigenvalue weighted by Crippen LogP contribution is -2.53. The molecule has 2 aromatic rings. The smallest absolute Gasteiger partial charge is 0.314 e. The fourth-order valence-electron chi connectivity index (χ4n) is 4.66. The second kappa shape index (κ2) is 8.50. The number of carbonyl (C=O) groups is 1. The molecule has 3 heterocycles. The van der Waals surface area contributed by atoms with Gasteiger partial charge in [-0.25, -0.2) is 0 Å². The average molecular weight is 475 g/mol. The molecule has 3 aliphatic rings. The Hall–Kier alpha value is -2.84. The van der Waals surface area contributed by atoms with E-state index in [4.69, 9.17) is 11.6 Å². The van der Waals surface area contributed by atoms with Crippen molar-refractivity contribution in [2.45, 2.75) is 25.7 Å². The van der Waals surface area contributed by atoms with E-state index >= 15 is 0 Å². The zero-order chi connectivity index (χ0) is 23.2. The van der Waals surface area contributed by atoms with Crippen molar-refractivity contribution in [2.75, 3.05) is 26.2 Å². The third-order valence-corrected chi connectivity index (χ3v) is 6.54. The fourth-order valence-corrected chi connectivity index (χ4v) is 4.89. The third kappa shape index (κ3) is 4.25. The molecule has 5 nitrogen and oxygen atoms in total. The molecule has 9 heteroatoms. The van der Waals surface area contributed by atoms with Crippen LogP contribution in [-0.4, -0.2) is 52.7 Å². The number of hydrogen-bond donors (Lipinski definition) is 0. The summed E-state index contributed by atoms with van der Waals surface area (Å²) in [6.07, 6.45) is -3.83. The third-order valence-electron chi connectivity index (χ3n) is 6.21. The maximum atomic E-state index is 13.5. The van der Waals surface area contributed by atoms with Gasteiger partial charge in [-0.15, -0.1) is 0 Å². The molecule has 0 unspecified atom stereocenters. The van der Waals surface area contributed by atoms with Gasteiger partial charge < -0.3 is 4.90 Å². The summed E-state index contributed by atoms with van der Waals surface area (Å²) < 4.78 is 40.0. The Morgan fingerprint density at radius 3 is 2.55 bits per heavy atom. The summed E-state index contributed by atoms with van der Waals surface area (Å²) >= 11 is 5.77. The number of benzene rings is 2. The zero-order valence-corrected chi connectivity index (χ0v) is 18.5. The molecule has 172 valence electrons. The Labute approximate surface area is 194 Å². The number of rotatable bonds is 4. The minimum atomic E-state index is -4.56. The monoisotopic (exact) mass is 474 g/mol. The second-order valence-corrected chi connectivity index (χ2v) is 8.82. The van der Waals surface area contributed by atoms with E-state index in [-0.39, 0.29) is 17.5 Å². The first-order chi connectivity index (χ1) is 15.8. The molecular formula is C24H22ClF3N4O. The van der Waals surface area contributed by atoms with Crippen molar-refractivity contribution >= 4 is 23.5 Å². The van der Waals surface area contributed by atoms with Crippen LogP contribution in [0, 0.1) is 0 Å². The number of amides is 1. The highest BCUT2D eigenvalue weighted by Crippen LogP contribution is 2.36. The first-order valence-electron chi connectivity index (χ1n) is 10.8. The standard InChI is InChI=1S/C24H22ClF3N4O/c25-20-7-6-17(12-19(20)24(26,27)28)14-32-22(33)18-15-30(13-16-4-2-1-3-5-16)10-8-21(18)31-11-9-29-23(31)32/h1-7,12H,8-11,13-15H2. The van der Waals surface area contributed by atoms with Crippen molar-refractivity contribution < 1.29 is 18.0 Å². The number of guanidine groups is 1. The van der Waals surface area contributed by atoms with Gasteiger partial charge in [-0.3, -0.25) is 19.6 Å². The number of carbonyl (C=O) groups excluding carboxylic acids is 1. The Bertz CT molecular complexity index is 1150. The molecule has 2 aromatic carbocycles. The molecule has 0 spiro atoms. The van der Waals surface area contributed by atoms with E-state index in [0.717, 1.165) is 31.3 Å². The van der Waals surface area contributed by atoms with Crippen molar-refractivity contribution in [2.24, 2.45) is 4.99 Å². The largest absolute Gasteiger partial charge is 0.417 e. The van der Waals surface area contributed by atoms with Gasteiger partial charge in [-0.1, -0.05) is 48.0 Å². The molecule has 0 saturated carbocycles. The Kier molecular flexibility index (Phi) is 5.66. The quantitative estimate of drug-likeness (QED) is 0.653. The average Bonchev–Trinajstić information content (AvgIpc) is 3.27. The summed E-state index contributed by atoms with van der Waals surface area (Å²) in [6, 6.07) is 13.8. The van der Waals surface area contributed by atoms with E-state index in [2.05, 4.69) is 26.9 Å². The van der Waals surface area contributed by atoms with Crippen LogP contribution in [0.1, 0.15) is 23.1 Å². The summed E-state index contributed by atoms with van der Waals surface area (Å²) in [5.74, 6) is 0.335. The van der Waals surface area contributed by atoms with Gasteiger partial charge in [-0.05, 0) is 23.3 Å². The van der Waals surface area contributed by atoms with Gasteiger partial charge in [0.2, 0.25) is 5.96 Å². The van der Waals surface area contributed by atoms with Gasteiger partial charge in [0.15, 0.2) is 0 Å². The lowest BCUT2D eigenvalue weighted by atomic mass is 9.99. The van der Waals surface area contributed by atoms with Crippen LogP contribution >= 0.6 is 11.6 Å². The molecule has 0 atom stereocenters. The molecule has 33 heavy (non-hydrogen) atoms.